The molecule has 1 saturated heterocycles. The highest BCUT2D eigenvalue weighted by atomic mass is 19.1. The summed E-state index contributed by atoms with van der Waals surface area (Å²) >= 11 is 0. The Morgan fingerprint density at radius 2 is 1.96 bits per heavy atom. The summed E-state index contributed by atoms with van der Waals surface area (Å²) in [4.78, 5) is 36.1. The van der Waals surface area contributed by atoms with Crippen molar-refractivity contribution >= 4 is 23.5 Å². The van der Waals surface area contributed by atoms with E-state index in [9.17, 15) is 14.0 Å². The maximum atomic E-state index is 14.0. The molecule has 2 amide bonds. The third-order valence-electron chi connectivity index (χ3n) is 4.91. The SMILES string of the molecule is COc1cccc(CC(=O)N2CCN(C3=NC(=O)C(F)C(C(C)C)=N3)CC2)c1. The molecule has 150 valence electrons. The van der Waals surface area contributed by atoms with Gasteiger partial charge in [0, 0.05) is 26.2 Å². The van der Waals surface area contributed by atoms with Crippen molar-refractivity contribution in [2.75, 3.05) is 33.3 Å². The van der Waals surface area contributed by atoms with E-state index in [4.69, 9.17) is 4.74 Å². The average molecular weight is 388 g/mol. The summed E-state index contributed by atoms with van der Waals surface area (Å²) in [5, 5.41) is 0. The van der Waals surface area contributed by atoms with Gasteiger partial charge in [0.15, 0.2) is 0 Å². The molecule has 0 radical (unpaired) electrons. The Balaban J connectivity index is 1.60. The molecule has 1 unspecified atom stereocenters. The number of carbonyl (C=O) groups is 2. The number of methoxy groups -OCH3 is 1. The van der Waals surface area contributed by atoms with Crippen LogP contribution in [-0.4, -0.2) is 72.7 Å². The van der Waals surface area contributed by atoms with Gasteiger partial charge < -0.3 is 14.5 Å². The van der Waals surface area contributed by atoms with Crippen LogP contribution in [0.3, 0.4) is 0 Å². The molecule has 8 heteroatoms. The zero-order valence-electron chi connectivity index (χ0n) is 16.4. The van der Waals surface area contributed by atoms with Gasteiger partial charge in [-0.3, -0.25) is 9.59 Å². The summed E-state index contributed by atoms with van der Waals surface area (Å²) in [6.45, 7) is 5.61. The largest absolute Gasteiger partial charge is 0.497 e. The number of hydrogen-bond acceptors (Lipinski definition) is 5. The number of benzene rings is 1. The Labute approximate surface area is 163 Å². The Morgan fingerprint density at radius 1 is 1.25 bits per heavy atom. The molecular formula is C20H25FN4O3. The molecule has 0 N–H and O–H groups in total. The van der Waals surface area contributed by atoms with Crippen molar-refractivity contribution in [3.05, 3.63) is 29.8 Å². The molecule has 0 spiro atoms. The fourth-order valence-corrected chi connectivity index (χ4v) is 3.27. The summed E-state index contributed by atoms with van der Waals surface area (Å²) in [5.41, 5.74) is 1.11. The third kappa shape index (κ3) is 4.37. The molecule has 3 rings (SSSR count). The summed E-state index contributed by atoms with van der Waals surface area (Å²) in [6, 6.07) is 7.45. The first kappa shape index (κ1) is 20.0. The van der Waals surface area contributed by atoms with Crippen molar-refractivity contribution in [2.24, 2.45) is 15.9 Å². The summed E-state index contributed by atoms with van der Waals surface area (Å²) in [6.07, 6.45) is -1.45. The molecule has 0 saturated carbocycles. The van der Waals surface area contributed by atoms with Gasteiger partial charge in [-0.05, 0) is 23.6 Å². The predicted molar refractivity (Wildman–Crippen MR) is 104 cm³/mol. The quantitative estimate of drug-likeness (QED) is 0.787. The number of guanidine groups is 1. The summed E-state index contributed by atoms with van der Waals surface area (Å²) < 4.78 is 19.2. The van der Waals surface area contributed by atoms with Crippen molar-refractivity contribution in [1.29, 1.82) is 0 Å². The zero-order valence-corrected chi connectivity index (χ0v) is 16.4. The maximum absolute atomic E-state index is 14.0. The lowest BCUT2D eigenvalue weighted by Crippen LogP contribution is -2.52. The monoisotopic (exact) mass is 388 g/mol. The van der Waals surface area contributed by atoms with Crippen LogP contribution >= 0.6 is 0 Å². The van der Waals surface area contributed by atoms with E-state index in [1.807, 2.05) is 29.2 Å². The Bertz CT molecular complexity index is 813. The number of piperazine rings is 1. The highest BCUT2D eigenvalue weighted by molar-refractivity contribution is 6.18. The number of ether oxygens (including phenoxy) is 1. The summed E-state index contributed by atoms with van der Waals surface area (Å²) in [7, 11) is 1.59. The standard InChI is InChI=1S/C20H25FN4O3/c1-13(2)18-17(21)19(27)23-20(22-18)25-9-7-24(8-10-25)16(26)12-14-5-4-6-15(11-14)28-3/h4-6,11,13,17H,7-10,12H2,1-3H3. The summed E-state index contributed by atoms with van der Waals surface area (Å²) in [5.74, 6) is 0.0349. The Morgan fingerprint density at radius 3 is 2.61 bits per heavy atom. The van der Waals surface area contributed by atoms with Gasteiger partial charge in [0.2, 0.25) is 18.0 Å². The molecule has 1 fully saturated rings. The average Bonchev–Trinajstić information content (AvgIpc) is 2.70. The molecule has 2 aliphatic rings. The number of nitrogens with zero attached hydrogens (tertiary/aromatic N) is 4. The van der Waals surface area contributed by atoms with E-state index in [0.29, 0.717) is 32.6 Å². The molecule has 28 heavy (non-hydrogen) atoms. The van der Waals surface area contributed by atoms with Crippen LogP contribution in [-0.2, 0) is 16.0 Å². The van der Waals surface area contributed by atoms with E-state index in [0.717, 1.165) is 11.3 Å². The zero-order chi connectivity index (χ0) is 20.3. The minimum Gasteiger partial charge on any atom is -0.497 e. The molecule has 1 aromatic rings. The molecule has 2 aliphatic heterocycles. The molecule has 7 nitrogen and oxygen atoms in total. The van der Waals surface area contributed by atoms with Crippen LogP contribution in [0.5, 0.6) is 5.75 Å². The van der Waals surface area contributed by atoms with E-state index in [1.54, 1.807) is 25.9 Å². The van der Waals surface area contributed by atoms with E-state index < -0.39 is 12.1 Å². The van der Waals surface area contributed by atoms with Gasteiger partial charge in [-0.2, -0.15) is 4.99 Å². The second-order valence-electron chi connectivity index (χ2n) is 7.20. The smallest absolute Gasteiger partial charge is 0.289 e. The van der Waals surface area contributed by atoms with Crippen LogP contribution < -0.4 is 4.74 Å². The van der Waals surface area contributed by atoms with Gasteiger partial charge >= 0.3 is 0 Å². The van der Waals surface area contributed by atoms with Gasteiger partial charge in [0.1, 0.15) is 5.75 Å². The van der Waals surface area contributed by atoms with Gasteiger partial charge in [0.25, 0.3) is 5.91 Å². The number of hydrogen-bond donors (Lipinski definition) is 0. The number of rotatable bonds is 4. The van der Waals surface area contributed by atoms with E-state index in [2.05, 4.69) is 9.98 Å². The highest BCUT2D eigenvalue weighted by Crippen LogP contribution is 2.17. The van der Waals surface area contributed by atoms with E-state index in [1.165, 1.54) is 0 Å². The second-order valence-corrected chi connectivity index (χ2v) is 7.20. The first-order chi connectivity index (χ1) is 13.4. The van der Waals surface area contributed by atoms with Crippen molar-refractivity contribution < 1.29 is 18.7 Å². The fraction of sp³-hybridized carbons (Fsp3) is 0.500. The molecule has 1 aromatic carbocycles. The molecular weight excluding hydrogens is 363 g/mol. The Kier molecular flexibility index (Phi) is 6.06. The first-order valence-corrected chi connectivity index (χ1v) is 9.39. The van der Waals surface area contributed by atoms with E-state index >= 15 is 0 Å². The molecule has 0 bridgehead atoms. The van der Waals surface area contributed by atoms with Crippen LogP contribution in [0.2, 0.25) is 0 Å². The number of amides is 2. The van der Waals surface area contributed by atoms with Gasteiger partial charge in [-0.25, -0.2) is 9.38 Å². The first-order valence-electron chi connectivity index (χ1n) is 9.39. The van der Waals surface area contributed by atoms with Crippen LogP contribution in [0.15, 0.2) is 34.3 Å². The predicted octanol–water partition coefficient (Wildman–Crippen LogP) is 1.71. The number of halogens is 1. The van der Waals surface area contributed by atoms with Gasteiger partial charge in [-0.1, -0.05) is 26.0 Å². The normalized spacial score (nSPS) is 20.2. The van der Waals surface area contributed by atoms with Crippen LogP contribution in [0.1, 0.15) is 19.4 Å². The Hall–Kier alpha value is -2.77. The van der Waals surface area contributed by atoms with Crippen molar-refractivity contribution in [1.82, 2.24) is 9.80 Å². The minimum atomic E-state index is -1.76. The lowest BCUT2D eigenvalue weighted by atomic mass is 10.0. The second kappa shape index (κ2) is 8.50. The van der Waals surface area contributed by atoms with Crippen LogP contribution in [0, 0.1) is 5.92 Å². The topological polar surface area (TPSA) is 74.6 Å². The minimum absolute atomic E-state index is 0.0322. The van der Waals surface area contributed by atoms with Gasteiger partial charge in [0.05, 0.1) is 19.2 Å². The highest BCUT2D eigenvalue weighted by Gasteiger charge is 2.33. The van der Waals surface area contributed by atoms with Crippen molar-refractivity contribution in [3.8, 4) is 5.75 Å². The van der Waals surface area contributed by atoms with E-state index in [-0.39, 0.29) is 23.5 Å². The fourth-order valence-electron chi connectivity index (χ4n) is 3.27. The molecule has 1 atom stereocenters. The molecule has 2 heterocycles. The number of aliphatic imine (C=N–C) groups is 2. The van der Waals surface area contributed by atoms with Crippen LogP contribution in [0.25, 0.3) is 0 Å². The molecule has 0 aliphatic carbocycles. The van der Waals surface area contributed by atoms with Crippen molar-refractivity contribution in [3.63, 3.8) is 0 Å². The third-order valence-corrected chi connectivity index (χ3v) is 4.91. The number of carbonyl (C=O) groups excluding carboxylic acids is 2. The van der Waals surface area contributed by atoms with Crippen molar-refractivity contribution in [2.45, 2.75) is 26.4 Å². The van der Waals surface area contributed by atoms with Crippen LogP contribution in [0.4, 0.5) is 4.39 Å². The lowest BCUT2D eigenvalue weighted by Gasteiger charge is -2.36. The number of alkyl halides is 1. The molecule has 0 aromatic heterocycles. The lowest BCUT2D eigenvalue weighted by molar-refractivity contribution is -0.131. The van der Waals surface area contributed by atoms with Gasteiger partial charge in [-0.15, -0.1) is 0 Å². The maximum Gasteiger partial charge on any atom is 0.289 e.